The van der Waals surface area contributed by atoms with Crippen molar-refractivity contribution in [2.24, 2.45) is 5.92 Å². The van der Waals surface area contributed by atoms with E-state index < -0.39 is 0 Å². The first kappa shape index (κ1) is 9.64. The topological polar surface area (TPSA) is 32.9 Å². The first-order valence-corrected chi connectivity index (χ1v) is 5.92. The second kappa shape index (κ2) is 3.78. The molecule has 1 saturated carbocycles. The van der Waals surface area contributed by atoms with Gasteiger partial charge in [-0.25, -0.2) is 0 Å². The molecule has 1 aliphatic rings. The summed E-state index contributed by atoms with van der Waals surface area (Å²) in [5, 5.41) is 1.19. The smallest absolute Gasteiger partial charge is 0.140 e. The zero-order chi connectivity index (χ0) is 11.0. The number of ketones is 1. The van der Waals surface area contributed by atoms with Gasteiger partial charge in [-0.3, -0.25) is 4.79 Å². The predicted molar refractivity (Wildman–Crippen MR) is 64.4 cm³/mol. The maximum atomic E-state index is 11.9. The fourth-order valence-electron chi connectivity index (χ4n) is 2.34. The molecule has 0 unspecified atom stereocenters. The molecule has 0 atom stereocenters. The number of benzene rings is 1. The van der Waals surface area contributed by atoms with Crippen LogP contribution in [0.5, 0.6) is 0 Å². The highest BCUT2D eigenvalue weighted by atomic mass is 16.1. The van der Waals surface area contributed by atoms with Crippen molar-refractivity contribution in [3.8, 4) is 0 Å². The summed E-state index contributed by atoms with van der Waals surface area (Å²) in [5.74, 6) is 0.754. The summed E-state index contributed by atoms with van der Waals surface area (Å²) < 4.78 is 0. The van der Waals surface area contributed by atoms with Gasteiger partial charge in [0.25, 0.3) is 0 Å². The normalized spacial score (nSPS) is 16.2. The van der Waals surface area contributed by atoms with Gasteiger partial charge in [0.1, 0.15) is 5.78 Å². The van der Waals surface area contributed by atoms with Crippen LogP contribution in [0.1, 0.15) is 24.8 Å². The minimum absolute atomic E-state index is 0.341. The first-order valence-electron chi connectivity index (χ1n) is 5.92. The summed E-state index contributed by atoms with van der Waals surface area (Å²) in [6.45, 7) is 0. The molecule has 0 saturated heterocycles. The van der Waals surface area contributed by atoms with E-state index in [0.717, 1.165) is 23.9 Å². The fourth-order valence-corrected chi connectivity index (χ4v) is 2.34. The number of fused-ring (bicyclic) bond motifs is 1. The minimum Gasteiger partial charge on any atom is -0.361 e. The highest BCUT2D eigenvalue weighted by Crippen LogP contribution is 2.29. The molecule has 2 nitrogen and oxygen atoms in total. The van der Waals surface area contributed by atoms with Crippen LogP contribution in [-0.4, -0.2) is 10.8 Å². The van der Waals surface area contributed by atoms with Crippen LogP contribution in [0.4, 0.5) is 0 Å². The van der Waals surface area contributed by atoms with Gasteiger partial charge >= 0.3 is 0 Å². The number of aromatic nitrogens is 1. The van der Waals surface area contributed by atoms with E-state index in [-0.39, 0.29) is 0 Å². The Morgan fingerprint density at radius 1 is 1.31 bits per heavy atom. The van der Waals surface area contributed by atoms with Gasteiger partial charge in [-0.15, -0.1) is 0 Å². The third-order valence-corrected chi connectivity index (χ3v) is 3.60. The molecule has 1 fully saturated rings. The first-order chi connectivity index (χ1) is 7.84. The van der Waals surface area contributed by atoms with Crippen molar-refractivity contribution in [1.82, 2.24) is 4.98 Å². The molecule has 0 radical (unpaired) electrons. The van der Waals surface area contributed by atoms with Crippen molar-refractivity contribution >= 4 is 16.7 Å². The van der Waals surface area contributed by atoms with Crippen molar-refractivity contribution in [2.75, 3.05) is 0 Å². The lowest BCUT2D eigenvalue weighted by Gasteiger charge is -2.23. The summed E-state index contributed by atoms with van der Waals surface area (Å²) in [4.78, 5) is 15.1. The van der Waals surface area contributed by atoms with E-state index in [4.69, 9.17) is 0 Å². The Labute approximate surface area is 94.7 Å². The quantitative estimate of drug-likeness (QED) is 0.835. The number of carbonyl (C=O) groups excluding carboxylic acids is 1. The molecular weight excluding hydrogens is 198 g/mol. The number of aromatic amines is 1. The van der Waals surface area contributed by atoms with Crippen LogP contribution in [0, 0.1) is 5.92 Å². The van der Waals surface area contributed by atoms with Gasteiger partial charge in [0.05, 0.1) is 0 Å². The van der Waals surface area contributed by atoms with Gasteiger partial charge in [0.2, 0.25) is 0 Å². The Bertz CT molecular complexity index is 522. The molecule has 0 amide bonds. The van der Waals surface area contributed by atoms with Crippen molar-refractivity contribution in [1.29, 1.82) is 0 Å². The second-order valence-corrected chi connectivity index (χ2v) is 4.63. The number of hydrogen-bond donors (Lipinski definition) is 1. The molecule has 1 aliphatic carbocycles. The lowest BCUT2D eigenvalue weighted by molar-refractivity contribution is -0.124. The van der Waals surface area contributed by atoms with Gasteiger partial charge in [0, 0.05) is 29.4 Å². The van der Waals surface area contributed by atoms with Crippen LogP contribution < -0.4 is 0 Å². The van der Waals surface area contributed by atoms with E-state index in [2.05, 4.69) is 11.1 Å². The number of hydrogen-bond acceptors (Lipinski definition) is 1. The Kier molecular flexibility index (Phi) is 2.28. The highest BCUT2D eigenvalue weighted by Gasteiger charge is 2.25. The zero-order valence-electron chi connectivity index (χ0n) is 9.20. The van der Waals surface area contributed by atoms with Gasteiger partial charge < -0.3 is 4.98 Å². The Balaban J connectivity index is 1.86. The van der Waals surface area contributed by atoms with Gasteiger partial charge in [0.15, 0.2) is 0 Å². The zero-order valence-corrected chi connectivity index (χ0v) is 9.20. The number of para-hydroxylation sites is 1. The van der Waals surface area contributed by atoms with Crippen molar-refractivity contribution in [3.63, 3.8) is 0 Å². The van der Waals surface area contributed by atoms with Crippen LogP contribution >= 0.6 is 0 Å². The highest BCUT2D eigenvalue weighted by molar-refractivity contribution is 5.90. The van der Waals surface area contributed by atoms with Crippen molar-refractivity contribution < 1.29 is 4.79 Å². The number of rotatable bonds is 3. The van der Waals surface area contributed by atoms with E-state index in [1.165, 1.54) is 11.8 Å². The average Bonchev–Trinajstić information content (AvgIpc) is 2.59. The molecule has 1 aromatic heterocycles. The van der Waals surface area contributed by atoms with E-state index in [0.29, 0.717) is 18.1 Å². The van der Waals surface area contributed by atoms with Crippen LogP contribution in [0.25, 0.3) is 10.9 Å². The summed E-state index contributed by atoms with van der Waals surface area (Å²) in [7, 11) is 0. The second-order valence-electron chi connectivity index (χ2n) is 4.63. The molecule has 0 spiro atoms. The minimum atomic E-state index is 0.341. The van der Waals surface area contributed by atoms with Gasteiger partial charge in [-0.2, -0.15) is 0 Å². The largest absolute Gasteiger partial charge is 0.361 e. The SMILES string of the molecule is O=C(Cc1c[nH]c2ccccc12)C1CCC1. The number of H-pyrrole nitrogens is 1. The van der Waals surface area contributed by atoms with Crippen LogP contribution in [-0.2, 0) is 11.2 Å². The van der Waals surface area contributed by atoms with E-state index in [9.17, 15) is 4.79 Å². The molecule has 3 rings (SSSR count). The maximum absolute atomic E-state index is 11.9. The molecule has 16 heavy (non-hydrogen) atoms. The van der Waals surface area contributed by atoms with Gasteiger partial charge in [-0.05, 0) is 24.5 Å². The van der Waals surface area contributed by atoms with Crippen LogP contribution in [0.15, 0.2) is 30.5 Å². The molecule has 0 aliphatic heterocycles. The molecule has 2 heteroatoms. The van der Waals surface area contributed by atoms with E-state index in [1.54, 1.807) is 0 Å². The van der Waals surface area contributed by atoms with Crippen LogP contribution in [0.2, 0.25) is 0 Å². The number of nitrogens with one attached hydrogen (secondary N) is 1. The van der Waals surface area contributed by atoms with Gasteiger partial charge in [-0.1, -0.05) is 24.6 Å². The summed E-state index contributed by atoms with van der Waals surface area (Å²) in [6, 6.07) is 8.16. The fraction of sp³-hybridized carbons (Fsp3) is 0.357. The lowest BCUT2D eigenvalue weighted by atomic mass is 9.80. The monoisotopic (exact) mass is 213 g/mol. The molecule has 1 aromatic carbocycles. The molecule has 2 aromatic rings. The van der Waals surface area contributed by atoms with E-state index in [1.807, 2.05) is 24.4 Å². The molecule has 1 N–H and O–H groups in total. The third-order valence-electron chi connectivity index (χ3n) is 3.60. The Hall–Kier alpha value is -1.57. The number of carbonyl (C=O) groups is 1. The average molecular weight is 213 g/mol. The summed E-state index contributed by atoms with van der Waals surface area (Å²) >= 11 is 0. The molecular formula is C14H15NO. The summed E-state index contributed by atoms with van der Waals surface area (Å²) in [6.07, 6.45) is 5.99. The third kappa shape index (κ3) is 1.54. The van der Waals surface area contributed by atoms with Crippen LogP contribution in [0.3, 0.4) is 0 Å². The van der Waals surface area contributed by atoms with Crippen molar-refractivity contribution in [3.05, 3.63) is 36.0 Å². The number of Topliss-reactive ketones (excluding diaryl/α,β-unsaturated/α-hetero) is 1. The Morgan fingerprint density at radius 2 is 2.12 bits per heavy atom. The standard InChI is InChI=1S/C14H15NO/c16-14(10-4-3-5-10)8-11-9-15-13-7-2-1-6-12(11)13/h1-2,6-7,9-10,15H,3-5,8H2. The predicted octanol–water partition coefficient (Wildman–Crippen LogP) is 3.08. The Morgan fingerprint density at radius 3 is 2.88 bits per heavy atom. The maximum Gasteiger partial charge on any atom is 0.140 e. The summed E-state index contributed by atoms with van der Waals surface area (Å²) in [5.41, 5.74) is 2.27. The molecule has 0 bridgehead atoms. The van der Waals surface area contributed by atoms with Crippen molar-refractivity contribution in [2.45, 2.75) is 25.7 Å². The molecule has 1 heterocycles. The van der Waals surface area contributed by atoms with E-state index >= 15 is 0 Å². The molecule has 82 valence electrons. The lowest BCUT2D eigenvalue weighted by Crippen LogP contribution is -2.23.